The van der Waals surface area contributed by atoms with Gasteiger partial charge in [0.05, 0.1) is 16.3 Å². The second-order valence-corrected chi connectivity index (χ2v) is 5.48. The summed E-state index contributed by atoms with van der Waals surface area (Å²) < 4.78 is 0. The first-order valence-electron chi connectivity index (χ1n) is 7.41. The summed E-state index contributed by atoms with van der Waals surface area (Å²) in [5.74, 6) is -0.833. The van der Waals surface area contributed by atoms with Crippen LogP contribution in [0.4, 0.5) is 5.69 Å². The lowest BCUT2D eigenvalue weighted by atomic mass is 10.1. The van der Waals surface area contributed by atoms with Gasteiger partial charge >= 0.3 is 0 Å². The number of Topliss-reactive ketones (excluding diaryl/α,β-unsaturated/α-hetero) is 1. The van der Waals surface area contributed by atoms with E-state index >= 15 is 0 Å². The minimum atomic E-state index is -0.341. The van der Waals surface area contributed by atoms with Gasteiger partial charge in [0.25, 0.3) is 5.91 Å². The van der Waals surface area contributed by atoms with Crippen LogP contribution in [0.3, 0.4) is 0 Å². The SMILES string of the molecule is CNC(=O)c1ccccc1NC(=O)CCC(=O)c1ccccc1Cl. The molecule has 0 unspecified atom stereocenters. The first-order valence-corrected chi connectivity index (χ1v) is 7.79. The summed E-state index contributed by atoms with van der Waals surface area (Å²) in [6.07, 6.45) is 0.0455. The summed E-state index contributed by atoms with van der Waals surface area (Å²) >= 11 is 5.97. The highest BCUT2D eigenvalue weighted by atomic mass is 35.5. The molecule has 5 nitrogen and oxygen atoms in total. The van der Waals surface area contributed by atoms with Crippen molar-refractivity contribution < 1.29 is 14.4 Å². The van der Waals surface area contributed by atoms with E-state index in [1.807, 2.05) is 0 Å². The summed E-state index contributed by atoms with van der Waals surface area (Å²) in [6.45, 7) is 0. The Morgan fingerprint density at radius 3 is 2.21 bits per heavy atom. The van der Waals surface area contributed by atoms with Crippen molar-refractivity contribution in [1.82, 2.24) is 5.32 Å². The molecule has 0 aliphatic heterocycles. The number of para-hydroxylation sites is 1. The Morgan fingerprint density at radius 1 is 0.917 bits per heavy atom. The number of carbonyl (C=O) groups excluding carboxylic acids is 3. The quantitative estimate of drug-likeness (QED) is 0.789. The molecule has 0 atom stereocenters. The molecule has 0 fully saturated rings. The highest BCUT2D eigenvalue weighted by molar-refractivity contribution is 6.34. The molecule has 0 aliphatic carbocycles. The third-order valence-electron chi connectivity index (χ3n) is 3.43. The number of anilines is 1. The monoisotopic (exact) mass is 344 g/mol. The molecule has 0 saturated carbocycles. The topological polar surface area (TPSA) is 75.3 Å². The molecule has 0 aliphatic rings. The van der Waals surface area contributed by atoms with Gasteiger partial charge in [-0.2, -0.15) is 0 Å². The van der Waals surface area contributed by atoms with Gasteiger partial charge in [-0.1, -0.05) is 35.9 Å². The van der Waals surface area contributed by atoms with Gasteiger partial charge in [0.2, 0.25) is 5.91 Å². The maximum atomic E-state index is 12.1. The van der Waals surface area contributed by atoms with Gasteiger partial charge in [0.15, 0.2) is 5.78 Å². The predicted molar refractivity (Wildman–Crippen MR) is 93.5 cm³/mol. The Bertz CT molecular complexity index is 774. The van der Waals surface area contributed by atoms with Crippen LogP contribution in [-0.4, -0.2) is 24.6 Å². The molecule has 0 bridgehead atoms. The molecule has 2 aromatic rings. The number of hydrogen-bond acceptors (Lipinski definition) is 3. The summed E-state index contributed by atoms with van der Waals surface area (Å²) in [6, 6.07) is 13.4. The molecule has 2 amide bonds. The number of halogens is 1. The largest absolute Gasteiger partial charge is 0.355 e. The molecule has 24 heavy (non-hydrogen) atoms. The Balaban J connectivity index is 1.99. The van der Waals surface area contributed by atoms with E-state index < -0.39 is 0 Å². The molecule has 0 radical (unpaired) electrons. The number of amides is 2. The Labute approximate surface area is 145 Å². The van der Waals surface area contributed by atoms with E-state index in [4.69, 9.17) is 11.6 Å². The summed E-state index contributed by atoms with van der Waals surface area (Å²) in [7, 11) is 1.52. The van der Waals surface area contributed by atoms with Crippen molar-refractivity contribution in [3.05, 3.63) is 64.7 Å². The number of nitrogens with one attached hydrogen (secondary N) is 2. The third kappa shape index (κ3) is 4.43. The van der Waals surface area contributed by atoms with Gasteiger partial charge in [0, 0.05) is 25.5 Å². The van der Waals surface area contributed by atoms with Crippen molar-refractivity contribution in [1.29, 1.82) is 0 Å². The van der Waals surface area contributed by atoms with Crippen molar-refractivity contribution in [2.24, 2.45) is 0 Å². The van der Waals surface area contributed by atoms with Crippen molar-refractivity contribution >= 4 is 34.9 Å². The maximum Gasteiger partial charge on any atom is 0.253 e. The molecule has 6 heteroatoms. The first kappa shape index (κ1) is 17.7. The summed E-state index contributed by atoms with van der Waals surface area (Å²) in [5, 5.41) is 5.54. The van der Waals surface area contributed by atoms with E-state index in [1.54, 1.807) is 48.5 Å². The van der Waals surface area contributed by atoms with Crippen LogP contribution in [-0.2, 0) is 4.79 Å². The van der Waals surface area contributed by atoms with Crippen LogP contribution in [0.15, 0.2) is 48.5 Å². The second-order valence-electron chi connectivity index (χ2n) is 5.08. The normalized spacial score (nSPS) is 10.1. The van der Waals surface area contributed by atoms with Crippen LogP contribution in [0.1, 0.15) is 33.6 Å². The van der Waals surface area contributed by atoms with Gasteiger partial charge in [0.1, 0.15) is 0 Å². The smallest absolute Gasteiger partial charge is 0.253 e. The Kier molecular flexibility index (Phi) is 6.09. The number of ketones is 1. The molecule has 2 rings (SSSR count). The molecule has 0 heterocycles. The Morgan fingerprint density at radius 2 is 1.54 bits per heavy atom. The van der Waals surface area contributed by atoms with Crippen LogP contribution in [0, 0.1) is 0 Å². The van der Waals surface area contributed by atoms with Crippen molar-refractivity contribution in [3.63, 3.8) is 0 Å². The standard InChI is InChI=1S/C18H17ClN2O3/c1-20-18(24)13-7-3-5-9-15(13)21-17(23)11-10-16(22)12-6-2-4-8-14(12)19/h2-9H,10-11H2,1H3,(H,20,24)(H,21,23). The van der Waals surface area contributed by atoms with E-state index in [0.717, 1.165) is 0 Å². The number of carbonyl (C=O) groups is 3. The minimum absolute atomic E-state index is 0.00609. The van der Waals surface area contributed by atoms with Gasteiger partial charge in [-0.15, -0.1) is 0 Å². The van der Waals surface area contributed by atoms with Crippen molar-refractivity contribution in [2.45, 2.75) is 12.8 Å². The van der Waals surface area contributed by atoms with E-state index in [9.17, 15) is 14.4 Å². The van der Waals surface area contributed by atoms with Gasteiger partial charge in [-0.25, -0.2) is 0 Å². The summed E-state index contributed by atoms with van der Waals surface area (Å²) in [4.78, 5) is 36.0. The zero-order chi connectivity index (χ0) is 17.5. The third-order valence-corrected chi connectivity index (χ3v) is 3.76. The molecule has 0 spiro atoms. The van der Waals surface area contributed by atoms with E-state index in [0.29, 0.717) is 21.8 Å². The highest BCUT2D eigenvalue weighted by Gasteiger charge is 2.14. The molecular formula is C18H17ClN2O3. The van der Waals surface area contributed by atoms with Gasteiger partial charge in [-0.3, -0.25) is 14.4 Å². The van der Waals surface area contributed by atoms with Crippen molar-refractivity contribution in [3.8, 4) is 0 Å². The molecule has 2 N–H and O–H groups in total. The average molecular weight is 345 g/mol. The number of hydrogen-bond donors (Lipinski definition) is 2. The average Bonchev–Trinajstić information content (AvgIpc) is 2.60. The lowest BCUT2D eigenvalue weighted by molar-refractivity contribution is -0.116. The molecule has 0 saturated heterocycles. The van der Waals surface area contributed by atoms with E-state index in [-0.39, 0.29) is 30.4 Å². The fourth-order valence-corrected chi connectivity index (χ4v) is 2.43. The molecular weight excluding hydrogens is 328 g/mol. The highest BCUT2D eigenvalue weighted by Crippen LogP contribution is 2.18. The van der Waals surface area contributed by atoms with Crippen LogP contribution in [0.5, 0.6) is 0 Å². The molecule has 0 aromatic heterocycles. The summed E-state index contributed by atoms with van der Waals surface area (Å²) in [5.41, 5.74) is 1.18. The second kappa shape index (κ2) is 8.26. The lowest BCUT2D eigenvalue weighted by Crippen LogP contribution is -2.21. The van der Waals surface area contributed by atoms with Gasteiger partial charge < -0.3 is 10.6 Å². The van der Waals surface area contributed by atoms with Crippen LogP contribution in [0.2, 0.25) is 5.02 Å². The van der Waals surface area contributed by atoms with Gasteiger partial charge in [-0.05, 0) is 24.3 Å². The lowest BCUT2D eigenvalue weighted by Gasteiger charge is -2.10. The van der Waals surface area contributed by atoms with Crippen molar-refractivity contribution in [2.75, 3.05) is 12.4 Å². The van der Waals surface area contributed by atoms with Crippen LogP contribution in [0.25, 0.3) is 0 Å². The maximum absolute atomic E-state index is 12.1. The first-order chi connectivity index (χ1) is 11.5. The van der Waals surface area contributed by atoms with Crippen LogP contribution < -0.4 is 10.6 Å². The zero-order valence-corrected chi connectivity index (χ0v) is 13.9. The Hall–Kier alpha value is -2.66. The van der Waals surface area contributed by atoms with Crippen LogP contribution >= 0.6 is 11.6 Å². The molecule has 2 aromatic carbocycles. The predicted octanol–water partition coefficient (Wildman–Crippen LogP) is 3.30. The zero-order valence-electron chi connectivity index (χ0n) is 13.1. The fourth-order valence-electron chi connectivity index (χ4n) is 2.19. The van der Waals surface area contributed by atoms with E-state index in [1.165, 1.54) is 7.05 Å². The van der Waals surface area contributed by atoms with E-state index in [2.05, 4.69) is 10.6 Å². The fraction of sp³-hybridized carbons (Fsp3) is 0.167. The number of benzene rings is 2. The number of rotatable bonds is 6. The minimum Gasteiger partial charge on any atom is -0.355 e. The molecule has 124 valence electrons.